The quantitative estimate of drug-likeness (QED) is 0.791. The van der Waals surface area contributed by atoms with Gasteiger partial charge >= 0.3 is 0 Å². The van der Waals surface area contributed by atoms with E-state index in [0.717, 1.165) is 4.68 Å². The molecule has 0 aliphatic rings. The van der Waals surface area contributed by atoms with E-state index in [4.69, 9.17) is 0 Å². The summed E-state index contributed by atoms with van der Waals surface area (Å²) in [6, 6.07) is 9.97. The van der Waals surface area contributed by atoms with Gasteiger partial charge in [-0.3, -0.25) is 9.59 Å². The molecule has 0 aliphatic heterocycles. The van der Waals surface area contributed by atoms with Gasteiger partial charge in [0.1, 0.15) is 18.6 Å². The number of nitrogens with zero attached hydrogens (tertiary/aromatic N) is 3. The Morgan fingerprint density at radius 1 is 1.17 bits per heavy atom. The molecule has 0 radical (unpaired) electrons. The molecule has 3 aromatic rings. The van der Waals surface area contributed by atoms with E-state index in [1.54, 1.807) is 12.1 Å². The normalized spacial score (nSPS) is 10.5. The summed E-state index contributed by atoms with van der Waals surface area (Å²) >= 11 is 0. The van der Waals surface area contributed by atoms with Crippen LogP contribution in [0.15, 0.2) is 58.0 Å². The van der Waals surface area contributed by atoms with Crippen molar-refractivity contribution in [3.63, 3.8) is 0 Å². The van der Waals surface area contributed by atoms with Gasteiger partial charge in [0.05, 0.1) is 5.69 Å². The van der Waals surface area contributed by atoms with Crippen LogP contribution in [0.5, 0.6) is 0 Å². The zero-order valence-corrected chi connectivity index (χ0v) is 11.8. The lowest BCUT2D eigenvalue weighted by Gasteiger charge is -2.07. The van der Waals surface area contributed by atoms with Crippen LogP contribution in [0.3, 0.4) is 0 Å². The van der Waals surface area contributed by atoms with Crippen LogP contribution in [-0.4, -0.2) is 20.8 Å². The van der Waals surface area contributed by atoms with Gasteiger partial charge in [0.2, 0.25) is 5.91 Å². The van der Waals surface area contributed by atoms with Gasteiger partial charge in [-0.25, -0.2) is 9.07 Å². The number of benzene rings is 1. The number of hydrogen-bond donors (Lipinski definition) is 1. The van der Waals surface area contributed by atoms with Crippen molar-refractivity contribution in [3.8, 4) is 11.3 Å². The van der Waals surface area contributed by atoms with Gasteiger partial charge < -0.3 is 9.84 Å². The Bertz CT molecular complexity index is 872. The largest absolute Gasteiger partial charge is 0.363 e. The minimum atomic E-state index is -0.468. The van der Waals surface area contributed by atoms with E-state index in [1.807, 2.05) is 0 Å². The van der Waals surface area contributed by atoms with Crippen LogP contribution < -0.4 is 10.9 Å². The number of nitrogens with one attached hydrogen (secondary N) is 1. The van der Waals surface area contributed by atoms with Crippen LogP contribution in [0.2, 0.25) is 0 Å². The first kappa shape index (κ1) is 14.6. The fraction of sp³-hybridized carbons (Fsp3) is 0.0667. The number of hydrogen-bond acceptors (Lipinski definition) is 5. The van der Waals surface area contributed by atoms with Crippen LogP contribution in [-0.2, 0) is 11.3 Å². The Morgan fingerprint density at radius 3 is 2.65 bits per heavy atom. The molecule has 2 heterocycles. The van der Waals surface area contributed by atoms with Crippen molar-refractivity contribution in [1.82, 2.24) is 14.9 Å². The molecule has 1 aromatic carbocycles. The third-order valence-electron chi connectivity index (χ3n) is 3.01. The molecule has 3 rings (SSSR count). The summed E-state index contributed by atoms with van der Waals surface area (Å²) in [7, 11) is 0. The highest BCUT2D eigenvalue weighted by Gasteiger charge is 2.09. The molecule has 0 atom stereocenters. The van der Waals surface area contributed by atoms with E-state index in [2.05, 4.69) is 20.1 Å². The van der Waals surface area contributed by atoms with Crippen molar-refractivity contribution in [3.05, 3.63) is 64.9 Å². The van der Waals surface area contributed by atoms with Crippen LogP contribution >= 0.6 is 0 Å². The smallest absolute Gasteiger partial charge is 0.267 e. The molecule has 0 spiro atoms. The maximum atomic E-state index is 13.0. The van der Waals surface area contributed by atoms with E-state index in [0.29, 0.717) is 11.3 Å². The monoisotopic (exact) mass is 314 g/mol. The molecule has 0 saturated heterocycles. The number of rotatable bonds is 4. The third kappa shape index (κ3) is 3.49. The molecule has 8 heteroatoms. The van der Waals surface area contributed by atoms with Crippen molar-refractivity contribution in [2.45, 2.75) is 6.54 Å². The Labute approximate surface area is 129 Å². The number of anilines is 1. The van der Waals surface area contributed by atoms with Gasteiger partial charge in [0.25, 0.3) is 5.56 Å². The minimum absolute atomic E-state index is 0.248. The Morgan fingerprint density at radius 2 is 1.96 bits per heavy atom. The Balaban J connectivity index is 1.81. The molecule has 23 heavy (non-hydrogen) atoms. The first-order valence-corrected chi connectivity index (χ1v) is 6.66. The summed E-state index contributed by atoms with van der Waals surface area (Å²) in [5, 5.41) is 10.1. The maximum Gasteiger partial charge on any atom is 0.267 e. The van der Waals surface area contributed by atoms with Gasteiger partial charge in [-0.15, -0.1) is 0 Å². The van der Waals surface area contributed by atoms with Crippen molar-refractivity contribution in [2.24, 2.45) is 0 Å². The van der Waals surface area contributed by atoms with Crippen molar-refractivity contribution < 1.29 is 13.7 Å². The van der Waals surface area contributed by atoms with Crippen molar-refractivity contribution >= 4 is 11.7 Å². The molecular formula is C15H11FN4O3. The zero-order valence-electron chi connectivity index (χ0n) is 11.8. The summed E-state index contributed by atoms with van der Waals surface area (Å²) in [5.41, 5.74) is 0.669. The van der Waals surface area contributed by atoms with E-state index in [1.165, 1.54) is 36.6 Å². The van der Waals surface area contributed by atoms with Crippen LogP contribution in [0.4, 0.5) is 10.2 Å². The predicted octanol–water partition coefficient (Wildman–Crippen LogP) is 1.68. The highest BCUT2D eigenvalue weighted by atomic mass is 19.1. The van der Waals surface area contributed by atoms with Gasteiger partial charge in [-0.1, -0.05) is 5.16 Å². The molecule has 0 aliphatic carbocycles. The lowest BCUT2D eigenvalue weighted by molar-refractivity contribution is -0.117. The lowest BCUT2D eigenvalue weighted by atomic mass is 10.1. The van der Waals surface area contributed by atoms with Gasteiger partial charge in [-0.05, 0) is 30.3 Å². The van der Waals surface area contributed by atoms with E-state index in [-0.39, 0.29) is 18.2 Å². The van der Waals surface area contributed by atoms with E-state index < -0.39 is 11.5 Å². The topological polar surface area (TPSA) is 90.0 Å². The fourth-order valence-electron chi connectivity index (χ4n) is 1.93. The van der Waals surface area contributed by atoms with E-state index in [9.17, 15) is 14.0 Å². The third-order valence-corrected chi connectivity index (χ3v) is 3.01. The highest BCUT2D eigenvalue weighted by Crippen LogP contribution is 2.15. The number of carbonyl (C=O) groups is 1. The van der Waals surface area contributed by atoms with Crippen LogP contribution in [0.1, 0.15) is 0 Å². The standard InChI is InChI=1S/C15H11FN4O3/c16-11-3-1-10(2-4-11)12-5-6-15(22)20(18-12)9-14(21)17-13-7-8-23-19-13/h1-8H,9H2,(H,17,19,21). The van der Waals surface area contributed by atoms with E-state index >= 15 is 0 Å². The molecular weight excluding hydrogens is 303 g/mol. The number of aromatic nitrogens is 3. The lowest BCUT2D eigenvalue weighted by Crippen LogP contribution is -2.29. The predicted molar refractivity (Wildman–Crippen MR) is 79.0 cm³/mol. The average molecular weight is 314 g/mol. The molecule has 1 amide bonds. The number of carbonyl (C=O) groups excluding carboxylic acids is 1. The molecule has 7 nitrogen and oxygen atoms in total. The van der Waals surface area contributed by atoms with Crippen molar-refractivity contribution in [2.75, 3.05) is 5.32 Å². The molecule has 0 bridgehead atoms. The Kier molecular flexibility index (Phi) is 3.96. The summed E-state index contributed by atoms with van der Waals surface area (Å²) in [6.07, 6.45) is 1.31. The SMILES string of the molecule is O=C(Cn1nc(-c2ccc(F)cc2)ccc1=O)Nc1ccon1. The zero-order chi connectivity index (χ0) is 16.2. The first-order valence-electron chi connectivity index (χ1n) is 6.66. The van der Waals surface area contributed by atoms with Gasteiger partial charge in [0.15, 0.2) is 5.82 Å². The second-order valence-corrected chi connectivity index (χ2v) is 4.65. The average Bonchev–Trinajstić information content (AvgIpc) is 3.03. The summed E-state index contributed by atoms with van der Waals surface area (Å²) in [5.74, 6) is -0.587. The highest BCUT2D eigenvalue weighted by molar-refractivity contribution is 5.89. The second-order valence-electron chi connectivity index (χ2n) is 4.65. The maximum absolute atomic E-state index is 13.0. The number of halogens is 1. The molecule has 2 aromatic heterocycles. The van der Waals surface area contributed by atoms with Gasteiger partial charge in [0, 0.05) is 17.7 Å². The molecule has 0 unspecified atom stereocenters. The molecule has 116 valence electrons. The first-order chi connectivity index (χ1) is 11.1. The molecule has 0 fully saturated rings. The Hall–Kier alpha value is -3.29. The summed E-state index contributed by atoms with van der Waals surface area (Å²) in [6.45, 7) is -0.277. The minimum Gasteiger partial charge on any atom is -0.363 e. The summed E-state index contributed by atoms with van der Waals surface area (Å²) < 4.78 is 18.6. The summed E-state index contributed by atoms with van der Waals surface area (Å²) in [4.78, 5) is 23.7. The van der Waals surface area contributed by atoms with Crippen molar-refractivity contribution in [1.29, 1.82) is 0 Å². The second kappa shape index (κ2) is 6.22. The number of amides is 1. The van der Waals surface area contributed by atoms with Crippen LogP contribution in [0.25, 0.3) is 11.3 Å². The molecule has 1 N–H and O–H groups in total. The fourth-order valence-corrected chi connectivity index (χ4v) is 1.93. The van der Waals surface area contributed by atoms with Crippen LogP contribution in [0, 0.1) is 5.82 Å². The molecule has 0 saturated carbocycles. The van der Waals surface area contributed by atoms with Gasteiger partial charge in [-0.2, -0.15) is 5.10 Å².